The van der Waals surface area contributed by atoms with Gasteiger partial charge >= 0.3 is 23.9 Å². The van der Waals surface area contributed by atoms with Crippen LogP contribution in [-0.4, -0.2) is 120 Å². The highest BCUT2D eigenvalue weighted by Gasteiger charge is 2.33. The first-order valence-electron chi connectivity index (χ1n) is 15.9. The van der Waals surface area contributed by atoms with Crippen molar-refractivity contribution in [3.63, 3.8) is 0 Å². The van der Waals surface area contributed by atoms with Crippen molar-refractivity contribution in [2.75, 3.05) is 65.2 Å². The van der Waals surface area contributed by atoms with Crippen LogP contribution in [0.5, 0.6) is 17.4 Å². The maximum Gasteiger partial charge on any atom is 0.342 e. The number of morpholine rings is 1. The van der Waals surface area contributed by atoms with Crippen LogP contribution >= 0.6 is 11.7 Å². The van der Waals surface area contributed by atoms with Crippen molar-refractivity contribution in [2.45, 2.75) is 52.9 Å². The SMILES string of the molecule is COc1cc(COC(=O)C(C)(C)CO[N+](=O)[O-])c(C(=O)O[C@@H](CNC(C)(C)C)COc2nsnc2N2CCOCC2)c(OC)c1.O=C(O)/C=C\C(=O)O. The summed E-state index contributed by atoms with van der Waals surface area (Å²) in [4.78, 5) is 62.7. The van der Waals surface area contributed by atoms with Crippen LogP contribution in [0, 0.1) is 15.5 Å². The van der Waals surface area contributed by atoms with E-state index in [1.807, 2.05) is 25.7 Å². The van der Waals surface area contributed by atoms with Crippen LogP contribution in [0.3, 0.4) is 0 Å². The number of carboxylic acids is 2. The van der Waals surface area contributed by atoms with Crippen LogP contribution in [0.15, 0.2) is 24.3 Å². The number of carbonyl (C=O) groups is 4. The molecule has 3 rings (SSSR count). The Hall–Kier alpha value is -5.28. The number of esters is 2. The Morgan fingerprint density at radius 2 is 1.70 bits per heavy atom. The van der Waals surface area contributed by atoms with Crippen molar-refractivity contribution in [1.29, 1.82) is 0 Å². The van der Waals surface area contributed by atoms with Crippen molar-refractivity contribution in [1.82, 2.24) is 14.1 Å². The molecule has 53 heavy (non-hydrogen) atoms. The number of hydrogen-bond acceptors (Lipinski definition) is 18. The summed E-state index contributed by atoms with van der Waals surface area (Å²) < 4.78 is 42.4. The number of carbonyl (C=O) groups excluding carboxylic acids is 2. The number of aromatic nitrogens is 2. The second kappa shape index (κ2) is 20.7. The van der Waals surface area contributed by atoms with Gasteiger partial charge in [0.15, 0.2) is 0 Å². The number of benzene rings is 1. The summed E-state index contributed by atoms with van der Waals surface area (Å²) >= 11 is 1.02. The number of rotatable bonds is 18. The molecule has 294 valence electrons. The van der Waals surface area contributed by atoms with Crippen LogP contribution in [0.1, 0.15) is 50.5 Å². The number of carboxylic acid groups (broad SMARTS) is 2. The van der Waals surface area contributed by atoms with Gasteiger partial charge in [-0.25, -0.2) is 14.4 Å². The van der Waals surface area contributed by atoms with Crippen LogP contribution in [0.4, 0.5) is 5.82 Å². The number of nitrogens with zero attached hydrogens (tertiary/aromatic N) is 4. The Morgan fingerprint density at radius 1 is 1.06 bits per heavy atom. The summed E-state index contributed by atoms with van der Waals surface area (Å²) in [5.41, 5.74) is -1.40. The predicted octanol–water partition coefficient (Wildman–Crippen LogP) is 2.37. The fraction of sp³-hybridized carbons (Fsp3) is 0.562. The normalized spacial score (nSPS) is 13.6. The molecule has 20 nitrogen and oxygen atoms in total. The van der Waals surface area contributed by atoms with Crippen LogP contribution in [0.2, 0.25) is 0 Å². The van der Waals surface area contributed by atoms with Crippen molar-refractivity contribution in [2.24, 2.45) is 5.41 Å². The first-order valence-corrected chi connectivity index (χ1v) is 16.7. The highest BCUT2D eigenvalue weighted by molar-refractivity contribution is 6.99. The minimum absolute atomic E-state index is 0.00976. The molecular weight excluding hydrogens is 726 g/mol. The number of hydrogen-bond donors (Lipinski definition) is 3. The van der Waals surface area contributed by atoms with Crippen LogP contribution < -0.4 is 24.4 Å². The third-order valence-corrected chi connectivity index (χ3v) is 7.42. The van der Waals surface area contributed by atoms with Crippen LogP contribution in [0.25, 0.3) is 0 Å². The van der Waals surface area contributed by atoms with Gasteiger partial charge in [-0.2, -0.15) is 4.37 Å². The second-order valence-corrected chi connectivity index (χ2v) is 13.3. The molecule has 1 aliphatic rings. The number of aliphatic carboxylic acids is 2. The van der Waals surface area contributed by atoms with E-state index in [4.69, 9.17) is 38.6 Å². The maximum atomic E-state index is 13.8. The van der Waals surface area contributed by atoms with E-state index in [2.05, 4.69) is 18.9 Å². The van der Waals surface area contributed by atoms with Gasteiger partial charge in [0.1, 0.15) is 43.0 Å². The summed E-state index contributed by atoms with van der Waals surface area (Å²) in [7, 11) is 2.81. The fourth-order valence-electron chi connectivity index (χ4n) is 4.20. The molecule has 1 aliphatic heterocycles. The lowest BCUT2D eigenvalue weighted by molar-refractivity contribution is -0.760. The quantitative estimate of drug-likeness (QED) is 0.0850. The van der Waals surface area contributed by atoms with E-state index in [0.29, 0.717) is 55.9 Å². The van der Waals surface area contributed by atoms with Gasteiger partial charge < -0.3 is 53.7 Å². The number of anilines is 1. The van der Waals surface area contributed by atoms with Gasteiger partial charge in [0.05, 0.1) is 44.6 Å². The van der Waals surface area contributed by atoms with Gasteiger partial charge in [-0.15, -0.1) is 14.5 Å². The molecule has 1 saturated heterocycles. The summed E-state index contributed by atoms with van der Waals surface area (Å²) in [6.45, 7) is 10.6. The molecule has 0 saturated carbocycles. The molecule has 2 heterocycles. The lowest BCUT2D eigenvalue weighted by Crippen LogP contribution is -2.44. The third kappa shape index (κ3) is 15.5. The third-order valence-electron chi connectivity index (χ3n) is 6.92. The number of methoxy groups -OCH3 is 2. The average Bonchev–Trinajstić information content (AvgIpc) is 3.58. The fourth-order valence-corrected chi connectivity index (χ4v) is 4.72. The van der Waals surface area contributed by atoms with E-state index in [0.717, 1.165) is 11.7 Å². The summed E-state index contributed by atoms with van der Waals surface area (Å²) in [5, 5.41) is 28.6. The zero-order valence-corrected chi connectivity index (χ0v) is 31.3. The molecule has 1 atom stereocenters. The standard InChI is InChI=1S/C28H41N5O11S.C4H4O4/c1-27(2,3)29-14-20(16-41-24-23(30-45-31-24)32-8-10-40-11-9-32)44-25(34)22-18(12-19(38-6)13-21(22)39-7)15-42-26(35)28(4,5)17-43-33(36)37;5-3(6)1-2-4(7)8/h12-13,20,29H,8-11,14-17H2,1-7H3;1-2H,(H,5,6)(H,7,8)/b;2-1-/t20-;/m0./s1. The molecule has 0 aliphatic carbocycles. The van der Waals surface area contributed by atoms with E-state index >= 15 is 0 Å². The summed E-state index contributed by atoms with van der Waals surface area (Å²) in [6.07, 6.45) is 0.335. The molecule has 1 fully saturated rings. The first-order chi connectivity index (χ1) is 24.9. The molecule has 0 radical (unpaired) electrons. The Labute approximate surface area is 309 Å². The number of ether oxygens (including phenoxy) is 6. The largest absolute Gasteiger partial charge is 0.497 e. The topological polar surface area (TPSA) is 258 Å². The predicted molar refractivity (Wildman–Crippen MR) is 186 cm³/mol. The Kier molecular flexibility index (Phi) is 17.1. The minimum Gasteiger partial charge on any atom is -0.497 e. The molecule has 1 aromatic carbocycles. The lowest BCUT2D eigenvalue weighted by atomic mass is 9.95. The molecule has 0 bridgehead atoms. The van der Waals surface area contributed by atoms with Gasteiger partial charge in [0.25, 0.3) is 11.0 Å². The molecule has 0 unspecified atom stereocenters. The van der Waals surface area contributed by atoms with Crippen molar-refractivity contribution < 1.29 is 67.7 Å². The molecule has 0 spiro atoms. The van der Waals surface area contributed by atoms with E-state index < -0.39 is 47.1 Å². The Balaban J connectivity index is 0.00000109. The molecule has 3 N–H and O–H groups in total. The Morgan fingerprint density at radius 3 is 2.25 bits per heavy atom. The van der Waals surface area contributed by atoms with Crippen molar-refractivity contribution >= 4 is 41.4 Å². The average molecular weight is 772 g/mol. The zero-order valence-electron chi connectivity index (χ0n) is 30.4. The minimum atomic E-state index is -1.34. The van der Waals surface area contributed by atoms with Gasteiger partial charge in [-0.3, -0.25) is 4.79 Å². The monoisotopic (exact) mass is 771 g/mol. The van der Waals surface area contributed by atoms with E-state index in [1.54, 1.807) is 0 Å². The summed E-state index contributed by atoms with van der Waals surface area (Å²) in [5.74, 6) is -2.65. The van der Waals surface area contributed by atoms with Gasteiger partial charge in [0.2, 0.25) is 5.82 Å². The van der Waals surface area contributed by atoms with Gasteiger partial charge in [0, 0.05) is 49.0 Å². The van der Waals surface area contributed by atoms with E-state index in [1.165, 1.54) is 40.2 Å². The summed E-state index contributed by atoms with van der Waals surface area (Å²) in [6, 6.07) is 3.02. The highest BCUT2D eigenvalue weighted by Crippen LogP contribution is 2.32. The molecule has 2 aromatic rings. The van der Waals surface area contributed by atoms with Gasteiger partial charge in [-0.1, -0.05) is 0 Å². The maximum absolute atomic E-state index is 13.8. The van der Waals surface area contributed by atoms with E-state index in [9.17, 15) is 29.3 Å². The second-order valence-electron chi connectivity index (χ2n) is 12.8. The highest BCUT2D eigenvalue weighted by atomic mass is 32.1. The Bertz CT molecular complexity index is 1570. The van der Waals surface area contributed by atoms with E-state index in [-0.39, 0.29) is 42.2 Å². The molecular formula is C32H45N5O15S. The van der Waals surface area contributed by atoms with Crippen molar-refractivity contribution in [3.05, 3.63) is 45.5 Å². The smallest absolute Gasteiger partial charge is 0.342 e. The van der Waals surface area contributed by atoms with Crippen LogP contribution in [-0.2, 0) is 40.0 Å². The van der Waals surface area contributed by atoms with Crippen molar-refractivity contribution in [3.8, 4) is 17.4 Å². The van der Waals surface area contributed by atoms with Gasteiger partial charge in [-0.05, 0) is 40.7 Å². The zero-order chi connectivity index (χ0) is 39.8. The molecule has 1 aromatic heterocycles. The first kappa shape index (κ1) is 43.9. The molecule has 0 amide bonds. The molecule has 21 heteroatoms. The number of nitrogens with one attached hydrogen (secondary N) is 1. The lowest BCUT2D eigenvalue weighted by Gasteiger charge is -2.28.